The fourth-order valence-corrected chi connectivity index (χ4v) is 4.48. The van der Waals surface area contributed by atoms with Crippen LogP contribution >= 0.6 is 23.4 Å². The molecule has 0 bridgehead atoms. The van der Waals surface area contributed by atoms with Gasteiger partial charge in [-0.05, 0) is 30.0 Å². The molecular formula is C22H21ClN4O2S. The molecule has 0 aliphatic heterocycles. The molecule has 0 amide bonds. The van der Waals surface area contributed by atoms with E-state index in [1.54, 1.807) is 18.8 Å². The first kappa shape index (κ1) is 20.5. The number of benzene rings is 2. The van der Waals surface area contributed by atoms with E-state index >= 15 is 0 Å². The molecule has 0 aliphatic rings. The Labute approximate surface area is 182 Å². The zero-order chi connectivity index (χ0) is 21.1. The van der Waals surface area contributed by atoms with Gasteiger partial charge >= 0.3 is 5.69 Å². The average molecular weight is 441 g/mol. The molecule has 2 aromatic carbocycles. The van der Waals surface area contributed by atoms with Gasteiger partial charge in [0.15, 0.2) is 16.3 Å². The standard InChI is InChI=1S/C22H21ClN4O2S/c1-26-19-18(20(28)25-21(26)29)27(14-16-11-5-6-12-17(16)23)22(24-19)30-13-7-10-15-8-3-2-4-9-15/h2-6,8-9,11-12H,7,10,13-14H2,1H3,(H,25,28,29). The Bertz CT molecular complexity index is 1290. The van der Waals surface area contributed by atoms with Gasteiger partial charge in [0, 0.05) is 17.8 Å². The van der Waals surface area contributed by atoms with E-state index in [1.807, 2.05) is 47.0 Å². The Morgan fingerprint density at radius 3 is 2.57 bits per heavy atom. The quantitative estimate of drug-likeness (QED) is 0.350. The van der Waals surface area contributed by atoms with Gasteiger partial charge in [-0.1, -0.05) is 71.9 Å². The van der Waals surface area contributed by atoms with Gasteiger partial charge < -0.3 is 4.57 Å². The Morgan fingerprint density at radius 1 is 1.07 bits per heavy atom. The van der Waals surface area contributed by atoms with Crippen molar-refractivity contribution in [2.45, 2.75) is 24.5 Å². The van der Waals surface area contributed by atoms with Crippen molar-refractivity contribution in [1.82, 2.24) is 19.1 Å². The highest BCUT2D eigenvalue weighted by molar-refractivity contribution is 7.99. The molecule has 0 unspecified atom stereocenters. The third kappa shape index (κ3) is 4.22. The van der Waals surface area contributed by atoms with E-state index in [2.05, 4.69) is 22.1 Å². The zero-order valence-corrected chi connectivity index (χ0v) is 18.0. The molecule has 0 saturated carbocycles. The summed E-state index contributed by atoms with van der Waals surface area (Å²) in [6.45, 7) is 0.401. The molecule has 4 rings (SSSR count). The highest BCUT2D eigenvalue weighted by Gasteiger charge is 2.18. The van der Waals surface area contributed by atoms with Crippen molar-refractivity contribution >= 4 is 34.5 Å². The van der Waals surface area contributed by atoms with E-state index in [0.717, 1.165) is 24.2 Å². The summed E-state index contributed by atoms with van der Waals surface area (Å²) in [7, 11) is 1.61. The molecule has 0 radical (unpaired) electrons. The number of hydrogen-bond acceptors (Lipinski definition) is 4. The van der Waals surface area contributed by atoms with E-state index < -0.39 is 11.2 Å². The SMILES string of the molecule is Cn1c(=O)[nH]c(=O)c2c1nc(SCCCc1ccccc1)n2Cc1ccccc1Cl. The van der Waals surface area contributed by atoms with Crippen molar-refractivity contribution in [1.29, 1.82) is 0 Å². The van der Waals surface area contributed by atoms with E-state index in [9.17, 15) is 9.59 Å². The number of nitrogens with one attached hydrogen (secondary N) is 1. The largest absolute Gasteiger partial charge is 0.329 e. The topological polar surface area (TPSA) is 72.7 Å². The lowest BCUT2D eigenvalue weighted by Crippen LogP contribution is -2.29. The zero-order valence-electron chi connectivity index (χ0n) is 16.5. The number of aryl methyl sites for hydroxylation is 2. The highest BCUT2D eigenvalue weighted by Crippen LogP contribution is 2.25. The highest BCUT2D eigenvalue weighted by atomic mass is 35.5. The summed E-state index contributed by atoms with van der Waals surface area (Å²) in [5.74, 6) is 0.840. The summed E-state index contributed by atoms with van der Waals surface area (Å²) >= 11 is 7.93. The minimum Gasteiger partial charge on any atom is -0.309 e. The number of imidazole rings is 1. The molecule has 2 aromatic heterocycles. The van der Waals surface area contributed by atoms with Crippen LogP contribution in [0.3, 0.4) is 0 Å². The van der Waals surface area contributed by atoms with Crippen LogP contribution in [0.1, 0.15) is 17.5 Å². The third-order valence-corrected chi connectivity index (χ3v) is 6.37. The molecule has 1 N–H and O–H groups in total. The summed E-state index contributed by atoms with van der Waals surface area (Å²) in [5.41, 5.74) is 2.02. The summed E-state index contributed by atoms with van der Waals surface area (Å²) in [6, 6.07) is 17.9. The lowest BCUT2D eigenvalue weighted by atomic mass is 10.1. The lowest BCUT2D eigenvalue weighted by molar-refractivity contribution is 0.727. The van der Waals surface area contributed by atoms with Gasteiger partial charge in [0.25, 0.3) is 5.56 Å². The molecule has 0 saturated heterocycles. The van der Waals surface area contributed by atoms with Gasteiger partial charge in [-0.2, -0.15) is 0 Å². The molecule has 6 nitrogen and oxygen atoms in total. The second-order valence-electron chi connectivity index (χ2n) is 7.00. The van der Waals surface area contributed by atoms with Crippen molar-refractivity contribution in [3.05, 3.63) is 91.6 Å². The second-order valence-corrected chi connectivity index (χ2v) is 8.47. The molecule has 154 valence electrons. The van der Waals surface area contributed by atoms with Gasteiger partial charge in [0.2, 0.25) is 0 Å². The normalized spacial score (nSPS) is 11.3. The molecule has 0 fully saturated rings. The molecular weight excluding hydrogens is 420 g/mol. The summed E-state index contributed by atoms with van der Waals surface area (Å²) in [5, 5.41) is 1.32. The van der Waals surface area contributed by atoms with Crippen LogP contribution in [0.4, 0.5) is 0 Å². The predicted octanol–water partition coefficient (Wildman–Crippen LogP) is 3.85. The van der Waals surface area contributed by atoms with Crippen molar-refractivity contribution < 1.29 is 0 Å². The molecule has 0 aliphatic carbocycles. The first-order valence-corrected chi connectivity index (χ1v) is 11.0. The first-order chi connectivity index (χ1) is 14.5. The summed E-state index contributed by atoms with van der Waals surface area (Å²) < 4.78 is 3.22. The predicted molar refractivity (Wildman–Crippen MR) is 122 cm³/mol. The third-order valence-electron chi connectivity index (χ3n) is 4.94. The van der Waals surface area contributed by atoms with E-state index in [0.29, 0.717) is 27.9 Å². The minimum absolute atomic E-state index is 0.376. The Balaban J connectivity index is 1.66. The summed E-state index contributed by atoms with van der Waals surface area (Å²) in [6.07, 6.45) is 1.94. The number of halogens is 1. The fraction of sp³-hybridized carbons (Fsp3) is 0.227. The number of aromatic amines is 1. The maximum Gasteiger partial charge on any atom is 0.329 e. The number of rotatable bonds is 7. The van der Waals surface area contributed by atoms with E-state index in [1.165, 1.54) is 10.1 Å². The number of hydrogen-bond donors (Lipinski definition) is 1. The molecule has 8 heteroatoms. The number of nitrogens with zero attached hydrogens (tertiary/aromatic N) is 3. The molecule has 30 heavy (non-hydrogen) atoms. The number of fused-ring (bicyclic) bond motifs is 1. The van der Waals surface area contributed by atoms with Crippen LogP contribution in [0.2, 0.25) is 5.02 Å². The number of thioether (sulfide) groups is 1. The first-order valence-electron chi connectivity index (χ1n) is 9.64. The van der Waals surface area contributed by atoms with Crippen molar-refractivity contribution in [2.24, 2.45) is 7.05 Å². The number of H-pyrrole nitrogens is 1. The Kier molecular flexibility index (Phi) is 6.11. The Hall–Kier alpha value is -2.77. The van der Waals surface area contributed by atoms with Crippen LogP contribution < -0.4 is 11.2 Å². The van der Waals surface area contributed by atoms with Gasteiger partial charge in [-0.25, -0.2) is 9.78 Å². The average Bonchev–Trinajstić information content (AvgIpc) is 3.11. The molecule has 0 spiro atoms. The summed E-state index contributed by atoms with van der Waals surface area (Å²) in [4.78, 5) is 31.6. The van der Waals surface area contributed by atoms with E-state index in [-0.39, 0.29) is 0 Å². The maximum atomic E-state index is 12.6. The molecule has 4 aromatic rings. The van der Waals surface area contributed by atoms with Crippen molar-refractivity contribution in [3.8, 4) is 0 Å². The monoisotopic (exact) mass is 440 g/mol. The van der Waals surface area contributed by atoms with Crippen LogP contribution in [0.15, 0.2) is 69.3 Å². The van der Waals surface area contributed by atoms with Crippen molar-refractivity contribution in [3.63, 3.8) is 0 Å². The minimum atomic E-state index is -0.476. The van der Waals surface area contributed by atoms with Gasteiger partial charge in [0.05, 0.1) is 6.54 Å². The van der Waals surface area contributed by atoms with Crippen LogP contribution in [0, 0.1) is 0 Å². The van der Waals surface area contributed by atoms with Crippen LogP contribution in [-0.2, 0) is 20.0 Å². The molecule has 0 atom stereocenters. The fourth-order valence-electron chi connectivity index (χ4n) is 3.35. The van der Waals surface area contributed by atoms with Crippen LogP contribution in [0.5, 0.6) is 0 Å². The van der Waals surface area contributed by atoms with Gasteiger partial charge in [-0.15, -0.1) is 0 Å². The maximum absolute atomic E-state index is 12.6. The van der Waals surface area contributed by atoms with E-state index in [4.69, 9.17) is 11.6 Å². The molecule has 2 heterocycles. The van der Waals surface area contributed by atoms with Crippen LogP contribution in [0.25, 0.3) is 11.2 Å². The lowest BCUT2D eigenvalue weighted by Gasteiger charge is -2.10. The Morgan fingerprint density at radius 2 is 1.80 bits per heavy atom. The smallest absolute Gasteiger partial charge is 0.309 e. The van der Waals surface area contributed by atoms with Gasteiger partial charge in [-0.3, -0.25) is 14.3 Å². The second kappa shape index (κ2) is 8.93. The number of aromatic nitrogens is 4. The van der Waals surface area contributed by atoms with Crippen molar-refractivity contribution in [2.75, 3.05) is 5.75 Å². The van der Waals surface area contributed by atoms with Gasteiger partial charge in [0.1, 0.15) is 0 Å². The van der Waals surface area contributed by atoms with Crippen LogP contribution in [-0.4, -0.2) is 24.9 Å².